The van der Waals surface area contributed by atoms with Gasteiger partial charge in [-0.05, 0) is 51.9 Å². The fourth-order valence-electron chi connectivity index (χ4n) is 2.01. The summed E-state index contributed by atoms with van der Waals surface area (Å²) in [6.07, 6.45) is 0.844. The van der Waals surface area contributed by atoms with E-state index < -0.39 is 26.0 Å². The molecule has 1 aromatic rings. The van der Waals surface area contributed by atoms with E-state index in [4.69, 9.17) is 13.9 Å². The lowest BCUT2D eigenvalue weighted by molar-refractivity contribution is 0.0514. The van der Waals surface area contributed by atoms with E-state index in [1.807, 2.05) is 0 Å². The van der Waals surface area contributed by atoms with Crippen molar-refractivity contribution in [2.45, 2.75) is 78.8 Å². The number of ether oxygens (including phenoxy) is 2. The molecule has 0 saturated heterocycles. The lowest BCUT2D eigenvalue weighted by atomic mass is 10.1. The second kappa shape index (κ2) is 9.04. The van der Waals surface area contributed by atoms with E-state index in [0.29, 0.717) is 11.3 Å². The zero-order valence-electron chi connectivity index (χ0n) is 18.6. The van der Waals surface area contributed by atoms with Crippen LogP contribution >= 0.6 is 0 Å². The Morgan fingerprint density at radius 2 is 1.75 bits per heavy atom. The smallest absolute Gasteiger partial charge is 0.412 e. The third-order valence-corrected chi connectivity index (χ3v) is 9.02. The van der Waals surface area contributed by atoms with E-state index in [1.54, 1.807) is 33.8 Å². The molecule has 0 saturated carbocycles. The predicted octanol–water partition coefficient (Wildman–Crippen LogP) is 5.13. The Balaban J connectivity index is 3.23. The lowest BCUT2D eigenvalue weighted by Crippen LogP contribution is -2.40. The molecule has 0 aromatic carbocycles. The summed E-state index contributed by atoms with van der Waals surface area (Å²) in [6.45, 7) is 18.1. The van der Waals surface area contributed by atoms with Gasteiger partial charge in [0.05, 0.1) is 18.9 Å². The van der Waals surface area contributed by atoms with E-state index >= 15 is 0 Å². The highest BCUT2D eigenvalue weighted by Crippen LogP contribution is 2.37. The van der Waals surface area contributed by atoms with Crippen molar-refractivity contribution in [1.82, 2.24) is 4.98 Å². The van der Waals surface area contributed by atoms with Gasteiger partial charge in [-0.15, -0.1) is 0 Å². The Morgan fingerprint density at radius 3 is 2.25 bits per heavy atom. The number of aromatic nitrogens is 1. The molecule has 0 aliphatic heterocycles. The van der Waals surface area contributed by atoms with Crippen molar-refractivity contribution in [3.05, 3.63) is 23.5 Å². The highest BCUT2D eigenvalue weighted by Gasteiger charge is 2.37. The quantitative estimate of drug-likeness (QED) is 0.517. The normalized spacial score (nSPS) is 12.5. The summed E-state index contributed by atoms with van der Waals surface area (Å²) < 4.78 is 16.7. The summed E-state index contributed by atoms with van der Waals surface area (Å²) >= 11 is 0. The van der Waals surface area contributed by atoms with Crippen LogP contribution < -0.4 is 5.32 Å². The van der Waals surface area contributed by atoms with E-state index in [9.17, 15) is 9.59 Å². The molecule has 1 N–H and O–H groups in total. The number of nitrogens with zero attached hydrogens (tertiary/aromatic N) is 1. The Labute approximate surface area is 169 Å². The molecule has 28 heavy (non-hydrogen) atoms. The number of carbonyl (C=O) groups is 2. The average Bonchev–Trinajstić information content (AvgIpc) is 2.50. The minimum Gasteiger partial charge on any atom is -0.461 e. The standard InChI is InChI=1S/C20H34N2O5Si/c1-10-25-17(23)16-14(13-26-28(8,9)20(5,6)7)15(11-12-21-16)22-18(24)27-19(2,3)4/h11-12H,10,13H2,1-9H3,(H,21,22,24). The molecule has 0 fully saturated rings. The van der Waals surface area contributed by atoms with E-state index in [0.717, 1.165) is 0 Å². The van der Waals surface area contributed by atoms with Crippen molar-refractivity contribution in [1.29, 1.82) is 0 Å². The fraction of sp³-hybridized carbons (Fsp3) is 0.650. The third kappa shape index (κ3) is 6.90. The summed E-state index contributed by atoms with van der Waals surface area (Å²) in [6, 6.07) is 1.62. The van der Waals surface area contributed by atoms with Crippen LogP contribution in [0.1, 0.15) is 64.5 Å². The number of rotatable bonds is 6. The van der Waals surface area contributed by atoms with Gasteiger partial charge in [0.15, 0.2) is 14.0 Å². The van der Waals surface area contributed by atoms with Crippen LogP contribution in [0, 0.1) is 0 Å². The molecular weight excluding hydrogens is 376 g/mol. The largest absolute Gasteiger partial charge is 0.461 e. The van der Waals surface area contributed by atoms with Crippen LogP contribution in [0.3, 0.4) is 0 Å². The van der Waals surface area contributed by atoms with E-state index in [-0.39, 0.29) is 23.9 Å². The molecule has 0 radical (unpaired) electrons. The molecule has 1 heterocycles. The Morgan fingerprint density at radius 1 is 1.14 bits per heavy atom. The Bertz CT molecular complexity index is 706. The van der Waals surface area contributed by atoms with Gasteiger partial charge >= 0.3 is 12.1 Å². The first-order chi connectivity index (χ1) is 12.7. The summed E-state index contributed by atoms with van der Waals surface area (Å²) in [5.41, 5.74) is 0.399. The molecule has 1 aromatic heterocycles. The van der Waals surface area contributed by atoms with Gasteiger partial charge in [0, 0.05) is 11.8 Å². The number of amides is 1. The molecule has 7 nitrogen and oxygen atoms in total. The Kier molecular flexibility index (Phi) is 7.79. The number of hydrogen-bond donors (Lipinski definition) is 1. The summed E-state index contributed by atoms with van der Waals surface area (Å²) in [4.78, 5) is 28.8. The van der Waals surface area contributed by atoms with Crippen molar-refractivity contribution in [2.75, 3.05) is 11.9 Å². The lowest BCUT2D eigenvalue weighted by Gasteiger charge is -2.36. The minimum absolute atomic E-state index is 0.00193. The molecule has 1 rings (SSSR count). The molecule has 1 amide bonds. The number of anilines is 1. The molecular formula is C20H34N2O5Si. The number of hydrogen-bond acceptors (Lipinski definition) is 6. The third-order valence-electron chi connectivity index (χ3n) is 4.54. The molecule has 0 unspecified atom stereocenters. The van der Waals surface area contributed by atoms with Crippen LogP contribution in [0.4, 0.5) is 10.5 Å². The van der Waals surface area contributed by atoms with Crippen LogP contribution in [-0.2, 0) is 20.5 Å². The first-order valence-electron chi connectivity index (χ1n) is 9.47. The Hall–Kier alpha value is -1.93. The molecule has 0 aliphatic rings. The first-order valence-corrected chi connectivity index (χ1v) is 12.4. The van der Waals surface area contributed by atoms with Gasteiger partial charge in [-0.25, -0.2) is 14.6 Å². The second-order valence-electron chi connectivity index (χ2n) is 9.08. The van der Waals surface area contributed by atoms with Crippen molar-refractivity contribution in [3.8, 4) is 0 Å². The first kappa shape index (κ1) is 24.1. The molecule has 0 aliphatic carbocycles. The highest BCUT2D eigenvalue weighted by atomic mass is 28.4. The highest BCUT2D eigenvalue weighted by molar-refractivity contribution is 6.74. The maximum atomic E-state index is 12.4. The van der Waals surface area contributed by atoms with Gasteiger partial charge in [0.1, 0.15) is 5.60 Å². The van der Waals surface area contributed by atoms with Crippen molar-refractivity contribution < 1.29 is 23.5 Å². The van der Waals surface area contributed by atoms with E-state index in [2.05, 4.69) is 44.2 Å². The fourth-order valence-corrected chi connectivity index (χ4v) is 2.95. The van der Waals surface area contributed by atoms with Crippen molar-refractivity contribution in [3.63, 3.8) is 0 Å². The van der Waals surface area contributed by atoms with Gasteiger partial charge in [0.25, 0.3) is 0 Å². The van der Waals surface area contributed by atoms with Crippen LogP contribution in [0.15, 0.2) is 12.3 Å². The maximum absolute atomic E-state index is 12.4. The van der Waals surface area contributed by atoms with Gasteiger partial charge in [0.2, 0.25) is 0 Å². The minimum atomic E-state index is -2.09. The number of carbonyl (C=O) groups excluding carboxylic acids is 2. The van der Waals surface area contributed by atoms with Crippen molar-refractivity contribution in [2.24, 2.45) is 0 Å². The zero-order chi connectivity index (χ0) is 21.8. The summed E-state index contributed by atoms with van der Waals surface area (Å²) in [5, 5.41) is 2.70. The van der Waals surface area contributed by atoms with Crippen LogP contribution in [0.2, 0.25) is 18.1 Å². The zero-order valence-corrected chi connectivity index (χ0v) is 19.6. The maximum Gasteiger partial charge on any atom is 0.412 e. The number of nitrogens with one attached hydrogen (secondary N) is 1. The number of pyridine rings is 1. The van der Waals surface area contributed by atoms with E-state index in [1.165, 1.54) is 6.20 Å². The van der Waals surface area contributed by atoms with Gasteiger partial charge in [-0.3, -0.25) is 5.32 Å². The van der Waals surface area contributed by atoms with Gasteiger partial charge in [-0.2, -0.15) is 0 Å². The predicted molar refractivity (Wildman–Crippen MR) is 112 cm³/mol. The van der Waals surface area contributed by atoms with Crippen molar-refractivity contribution >= 4 is 26.1 Å². The SMILES string of the molecule is CCOC(=O)c1nccc(NC(=O)OC(C)(C)C)c1CO[Si](C)(C)C(C)(C)C. The topological polar surface area (TPSA) is 86.8 Å². The molecule has 0 atom stereocenters. The van der Waals surface area contributed by atoms with Gasteiger partial charge in [-0.1, -0.05) is 20.8 Å². The summed E-state index contributed by atoms with van der Waals surface area (Å²) in [5.74, 6) is -0.552. The molecule has 0 bridgehead atoms. The second-order valence-corrected chi connectivity index (χ2v) is 13.9. The summed E-state index contributed by atoms with van der Waals surface area (Å²) in [7, 11) is -2.09. The average molecular weight is 411 g/mol. The monoisotopic (exact) mass is 410 g/mol. The van der Waals surface area contributed by atoms with Gasteiger partial charge < -0.3 is 13.9 Å². The van der Waals surface area contributed by atoms with Crippen LogP contribution in [0.5, 0.6) is 0 Å². The molecule has 8 heteroatoms. The van der Waals surface area contributed by atoms with Crippen LogP contribution in [0.25, 0.3) is 0 Å². The molecule has 158 valence electrons. The number of esters is 1. The molecule has 0 spiro atoms. The van der Waals surface area contributed by atoms with Crippen LogP contribution in [-0.4, -0.2) is 37.6 Å².